The summed E-state index contributed by atoms with van der Waals surface area (Å²) in [5.74, 6) is 1.35. The van der Waals surface area contributed by atoms with E-state index in [-0.39, 0.29) is 0 Å². The number of fused-ring (bicyclic) bond motifs is 2. The van der Waals surface area contributed by atoms with Crippen molar-refractivity contribution < 1.29 is 9.47 Å². The first kappa shape index (κ1) is 18.1. The molecule has 0 bridgehead atoms. The molecule has 0 aliphatic heterocycles. The molecule has 0 saturated heterocycles. The van der Waals surface area contributed by atoms with Crippen molar-refractivity contribution in [2.45, 2.75) is 6.42 Å². The van der Waals surface area contributed by atoms with Gasteiger partial charge < -0.3 is 9.47 Å². The van der Waals surface area contributed by atoms with Gasteiger partial charge in [-0.2, -0.15) is 0 Å². The summed E-state index contributed by atoms with van der Waals surface area (Å²) in [4.78, 5) is 18.1. The third-order valence-electron chi connectivity index (χ3n) is 5.05. The van der Waals surface area contributed by atoms with Gasteiger partial charge in [-0.3, -0.25) is 9.55 Å². The molecule has 5 rings (SSSR count). The van der Waals surface area contributed by atoms with Crippen LogP contribution in [-0.4, -0.2) is 38.7 Å². The summed E-state index contributed by atoms with van der Waals surface area (Å²) in [6.45, 7) is 0. The molecule has 0 fully saturated rings. The Morgan fingerprint density at radius 1 is 0.967 bits per heavy atom. The second kappa shape index (κ2) is 7.44. The molecular formula is C23H19N5O2. The first-order chi connectivity index (χ1) is 14.8. The van der Waals surface area contributed by atoms with Crippen molar-refractivity contribution in [3.05, 3.63) is 72.0 Å². The molecule has 30 heavy (non-hydrogen) atoms. The fourth-order valence-electron chi connectivity index (χ4n) is 3.61. The van der Waals surface area contributed by atoms with Gasteiger partial charge in [-0.05, 0) is 35.4 Å². The Balaban J connectivity index is 1.59. The number of aromatic nitrogens is 5. The van der Waals surface area contributed by atoms with E-state index in [1.807, 2.05) is 47.3 Å². The van der Waals surface area contributed by atoms with Crippen LogP contribution in [0.5, 0.6) is 11.5 Å². The van der Waals surface area contributed by atoms with Gasteiger partial charge in [-0.25, -0.2) is 15.0 Å². The second-order valence-corrected chi connectivity index (χ2v) is 6.85. The lowest BCUT2D eigenvalue weighted by atomic mass is 9.98. The highest BCUT2D eigenvalue weighted by Gasteiger charge is 2.16. The lowest BCUT2D eigenvalue weighted by molar-refractivity contribution is 0.397. The van der Waals surface area contributed by atoms with Crippen molar-refractivity contribution in [2.24, 2.45) is 0 Å². The molecule has 3 aromatic heterocycles. The normalized spacial score (nSPS) is 14.1. The summed E-state index contributed by atoms with van der Waals surface area (Å²) in [6.07, 6.45) is 12.2. The predicted molar refractivity (Wildman–Crippen MR) is 115 cm³/mol. The molecule has 3 heterocycles. The van der Waals surface area contributed by atoms with Gasteiger partial charge in [0, 0.05) is 18.8 Å². The number of nitrogens with zero attached hydrogens (tertiary/aromatic N) is 5. The highest BCUT2D eigenvalue weighted by atomic mass is 16.5. The number of methoxy groups -OCH3 is 2. The minimum absolute atomic E-state index is 0.575. The highest BCUT2D eigenvalue weighted by Crippen LogP contribution is 2.37. The summed E-state index contributed by atoms with van der Waals surface area (Å²) in [7, 11) is 3.25. The molecule has 148 valence electrons. The van der Waals surface area contributed by atoms with Crippen molar-refractivity contribution in [1.29, 1.82) is 0 Å². The molecule has 0 saturated carbocycles. The molecule has 1 aliphatic rings. The third kappa shape index (κ3) is 3.10. The molecule has 0 atom stereocenters. The smallest absolute Gasteiger partial charge is 0.197 e. The van der Waals surface area contributed by atoms with E-state index in [0.717, 1.165) is 23.3 Å². The van der Waals surface area contributed by atoms with Crippen LogP contribution in [0.25, 0.3) is 34.8 Å². The number of imidazole rings is 1. The van der Waals surface area contributed by atoms with Crippen molar-refractivity contribution in [1.82, 2.24) is 24.5 Å². The summed E-state index contributed by atoms with van der Waals surface area (Å²) in [5.41, 5.74) is 6.00. The van der Waals surface area contributed by atoms with Crippen molar-refractivity contribution >= 4 is 23.6 Å². The first-order valence-electron chi connectivity index (χ1n) is 9.50. The van der Waals surface area contributed by atoms with E-state index in [1.165, 1.54) is 5.56 Å². The summed E-state index contributed by atoms with van der Waals surface area (Å²) in [5, 5.41) is 0. The average molecular weight is 397 g/mol. The molecule has 0 unspecified atom stereocenters. The Kier molecular flexibility index (Phi) is 4.48. The standard InChI is InChI=1S/C23H19N5O2/c1-29-19-6-3-7-20(30-2)21(19)18-12-25-22-23(27-18)28(14-26-22)13-15-8-9-17-16(11-15)5-4-10-24-17/h3-10,12-14H,11H2,1-2H3. The van der Waals surface area contributed by atoms with Crippen LogP contribution in [0, 0.1) is 0 Å². The van der Waals surface area contributed by atoms with Gasteiger partial charge in [0.15, 0.2) is 11.3 Å². The molecule has 4 aromatic rings. The van der Waals surface area contributed by atoms with Gasteiger partial charge in [0.25, 0.3) is 0 Å². The molecule has 7 nitrogen and oxygen atoms in total. The lowest BCUT2D eigenvalue weighted by Gasteiger charge is -2.13. The quantitative estimate of drug-likeness (QED) is 0.518. The van der Waals surface area contributed by atoms with Crippen LogP contribution in [0.2, 0.25) is 0 Å². The average Bonchev–Trinajstić information content (AvgIpc) is 3.20. The fraction of sp³-hybridized carbons (Fsp3) is 0.130. The Morgan fingerprint density at radius 2 is 1.80 bits per heavy atom. The van der Waals surface area contributed by atoms with Crippen LogP contribution in [-0.2, 0) is 6.42 Å². The zero-order valence-corrected chi connectivity index (χ0v) is 16.6. The van der Waals surface area contributed by atoms with Gasteiger partial charge in [-0.1, -0.05) is 18.2 Å². The van der Waals surface area contributed by atoms with Gasteiger partial charge >= 0.3 is 0 Å². The van der Waals surface area contributed by atoms with Crippen LogP contribution < -0.4 is 9.47 Å². The van der Waals surface area contributed by atoms with Gasteiger partial charge in [0.05, 0.1) is 37.4 Å². The molecule has 1 aliphatic carbocycles. The number of allylic oxidation sites excluding steroid dienone is 2. The van der Waals surface area contributed by atoms with Gasteiger partial charge in [-0.15, -0.1) is 0 Å². The Morgan fingerprint density at radius 3 is 2.60 bits per heavy atom. The molecule has 7 heteroatoms. The van der Waals surface area contributed by atoms with Crippen LogP contribution in [0.4, 0.5) is 0 Å². The fourth-order valence-corrected chi connectivity index (χ4v) is 3.61. The number of rotatable bonds is 4. The number of hydrogen-bond acceptors (Lipinski definition) is 6. The van der Waals surface area contributed by atoms with Crippen molar-refractivity contribution in [2.75, 3.05) is 14.2 Å². The zero-order valence-electron chi connectivity index (χ0n) is 16.6. The Bertz CT molecular complexity index is 1280. The maximum Gasteiger partial charge on any atom is 0.197 e. The molecular weight excluding hydrogens is 378 g/mol. The van der Waals surface area contributed by atoms with Gasteiger partial charge in [0.1, 0.15) is 17.8 Å². The van der Waals surface area contributed by atoms with E-state index in [9.17, 15) is 0 Å². The largest absolute Gasteiger partial charge is 0.496 e. The summed E-state index contributed by atoms with van der Waals surface area (Å²) < 4.78 is 12.9. The highest BCUT2D eigenvalue weighted by molar-refractivity contribution is 5.79. The molecule has 0 N–H and O–H groups in total. The first-order valence-corrected chi connectivity index (χ1v) is 9.50. The maximum absolute atomic E-state index is 5.52. The minimum Gasteiger partial charge on any atom is -0.496 e. The Labute approximate surface area is 173 Å². The number of pyridine rings is 1. The van der Waals surface area contributed by atoms with Crippen LogP contribution in [0.1, 0.15) is 11.3 Å². The molecule has 1 aromatic carbocycles. The second-order valence-electron chi connectivity index (χ2n) is 6.85. The van der Waals surface area contributed by atoms with E-state index in [4.69, 9.17) is 14.5 Å². The monoisotopic (exact) mass is 397 g/mol. The van der Waals surface area contributed by atoms with Crippen molar-refractivity contribution in [3.63, 3.8) is 0 Å². The van der Waals surface area contributed by atoms with Crippen LogP contribution in [0.3, 0.4) is 0 Å². The predicted octanol–water partition coefficient (Wildman–Crippen LogP) is 4.02. The van der Waals surface area contributed by atoms with E-state index in [2.05, 4.69) is 27.1 Å². The zero-order chi connectivity index (χ0) is 20.5. The minimum atomic E-state index is 0.575. The number of hydrogen-bond donors (Lipinski definition) is 0. The summed E-state index contributed by atoms with van der Waals surface area (Å²) >= 11 is 0. The van der Waals surface area contributed by atoms with Gasteiger partial charge in [0.2, 0.25) is 0 Å². The molecule has 0 spiro atoms. The summed E-state index contributed by atoms with van der Waals surface area (Å²) in [6, 6.07) is 9.69. The Hall–Kier alpha value is -4.00. The number of benzene rings is 1. The maximum atomic E-state index is 5.52. The van der Waals surface area contributed by atoms with E-state index < -0.39 is 0 Å². The van der Waals surface area contributed by atoms with Crippen LogP contribution in [0.15, 0.2) is 60.7 Å². The molecule has 0 amide bonds. The SMILES string of the molecule is COc1cccc(OC)c1-c1cnc2ncn(C=C3C=Cc4ncccc4C3)c2n1. The lowest BCUT2D eigenvalue weighted by Crippen LogP contribution is -2.01. The number of ether oxygens (including phenoxy) is 2. The third-order valence-corrected chi connectivity index (χ3v) is 5.05. The van der Waals surface area contributed by atoms with E-state index in [0.29, 0.717) is 28.5 Å². The van der Waals surface area contributed by atoms with E-state index in [1.54, 1.807) is 26.7 Å². The van der Waals surface area contributed by atoms with Crippen molar-refractivity contribution in [3.8, 4) is 22.8 Å². The van der Waals surface area contributed by atoms with E-state index >= 15 is 0 Å². The van der Waals surface area contributed by atoms with Crippen LogP contribution >= 0.6 is 0 Å². The molecule has 0 radical (unpaired) electrons. The topological polar surface area (TPSA) is 75.0 Å².